The molecular formula is C30H44NO4+. The van der Waals surface area contributed by atoms with Gasteiger partial charge in [0.2, 0.25) is 0 Å². The van der Waals surface area contributed by atoms with Gasteiger partial charge in [-0.05, 0) is 60.1 Å². The average molecular weight is 483 g/mol. The maximum Gasteiger partial charge on any atom is 0.338 e. The van der Waals surface area contributed by atoms with Gasteiger partial charge in [-0.3, -0.25) is 0 Å². The summed E-state index contributed by atoms with van der Waals surface area (Å²) < 4.78 is 12.2. The first-order valence-corrected chi connectivity index (χ1v) is 12.6. The summed E-state index contributed by atoms with van der Waals surface area (Å²) in [7, 11) is 2.12. The zero-order valence-corrected chi connectivity index (χ0v) is 23.1. The predicted molar refractivity (Wildman–Crippen MR) is 142 cm³/mol. The molecule has 0 aliphatic carbocycles. The molecule has 0 fully saturated rings. The third-order valence-electron chi connectivity index (χ3n) is 6.82. The van der Waals surface area contributed by atoms with Crippen molar-refractivity contribution >= 4 is 11.9 Å². The van der Waals surface area contributed by atoms with Gasteiger partial charge in [0.25, 0.3) is 0 Å². The summed E-state index contributed by atoms with van der Waals surface area (Å²) in [6, 6.07) is 15.0. The number of hydrogen-bond donors (Lipinski definition) is 0. The zero-order chi connectivity index (χ0) is 26.4. The number of carbonyl (C=O) groups is 2. The van der Waals surface area contributed by atoms with E-state index >= 15 is 0 Å². The van der Waals surface area contributed by atoms with Crippen LogP contribution in [0.5, 0.6) is 0 Å². The molecule has 192 valence electrons. The zero-order valence-electron chi connectivity index (χ0n) is 23.1. The van der Waals surface area contributed by atoms with Crippen LogP contribution in [0.15, 0.2) is 48.5 Å². The fraction of sp³-hybridized carbons (Fsp3) is 0.533. The van der Waals surface area contributed by atoms with E-state index in [1.54, 1.807) is 24.3 Å². The highest BCUT2D eigenvalue weighted by Gasteiger charge is 2.28. The van der Waals surface area contributed by atoms with Crippen molar-refractivity contribution in [2.24, 2.45) is 0 Å². The molecule has 2 aromatic rings. The van der Waals surface area contributed by atoms with Gasteiger partial charge in [0.1, 0.15) is 13.2 Å². The van der Waals surface area contributed by atoms with Gasteiger partial charge in [-0.2, -0.15) is 0 Å². The molecule has 5 nitrogen and oxygen atoms in total. The molecule has 5 heteroatoms. The first-order chi connectivity index (χ1) is 16.2. The van der Waals surface area contributed by atoms with Crippen molar-refractivity contribution in [1.82, 2.24) is 0 Å². The quantitative estimate of drug-likeness (QED) is 0.318. The fourth-order valence-electron chi connectivity index (χ4n) is 3.78. The summed E-state index contributed by atoms with van der Waals surface area (Å²) in [5.41, 5.74) is 3.30. The third-order valence-corrected chi connectivity index (χ3v) is 6.82. The van der Waals surface area contributed by atoms with Crippen LogP contribution in [0.3, 0.4) is 0 Å². The summed E-state index contributed by atoms with van der Waals surface area (Å²) in [6.07, 6.45) is -0.549. The van der Waals surface area contributed by atoms with E-state index in [0.717, 1.165) is 24.2 Å². The number of hydrogen-bond acceptors (Lipinski definition) is 4. The minimum absolute atomic E-state index is 0.00575. The van der Waals surface area contributed by atoms with Crippen LogP contribution in [-0.2, 0) is 20.3 Å². The summed E-state index contributed by atoms with van der Waals surface area (Å²) in [5, 5.41) is 0. The molecule has 0 bridgehead atoms. The van der Waals surface area contributed by atoms with Crippen LogP contribution in [0.4, 0.5) is 0 Å². The van der Waals surface area contributed by atoms with Gasteiger partial charge in [0.15, 0.2) is 6.10 Å². The smallest absolute Gasteiger partial charge is 0.338 e. The molecule has 0 N–H and O–H groups in total. The first kappa shape index (κ1) is 28.6. The van der Waals surface area contributed by atoms with Crippen LogP contribution in [0.1, 0.15) is 87.2 Å². The monoisotopic (exact) mass is 482 g/mol. The maximum absolute atomic E-state index is 13.0. The Morgan fingerprint density at radius 2 is 1.14 bits per heavy atom. The van der Waals surface area contributed by atoms with Gasteiger partial charge in [-0.25, -0.2) is 9.59 Å². The van der Waals surface area contributed by atoms with Crippen LogP contribution in [0, 0.1) is 0 Å². The minimum atomic E-state index is -0.549. The summed E-state index contributed by atoms with van der Waals surface area (Å²) in [4.78, 5) is 25.7. The molecule has 2 aromatic carbocycles. The van der Waals surface area contributed by atoms with Gasteiger partial charge in [0, 0.05) is 0 Å². The molecule has 0 aliphatic rings. The number of ether oxygens (including phenoxy) is 2. The lowest BCUT2D eigenvalue weighted by Gasteiger charge is -2.35. The Balaban J connectivity index is 2.13. The normalized spacial score (nSPS) is 13.3. The van der Waals surface area contributed by atoms with E-state index in [2.05, 4.69) is 62.4 Å². The fourth-order valence-corrected chi connectivity index (χ4v) is 3.78. The van der Waals surface area contributed by atoms with Crippen molar-refractivity contribution in [3.05, 3.63) is 70.8 Å². The second kappa shape index (κ2) is 11.4. The number of carbonyl (C=O) groups excluding carboxylic acids is 2. The van der Waals surface area contributed by atoms with Gasteiger partial charge in [-0.1, -0.05) is 65.8 Å². The van der Waals surface area contributed by atoms with Crippen molar-refractivity contribution in [2.75, 3.05) is 33.3 Å². The Hall–Kier alpha value is -2.66. The number of likely N-dealkylation sites (N-methyl/N-ethyl adjacent to an activating group) is 1. The lowest BCUT2D eigenvalue weighted by Crippen LogP contribution is -2.50. The molecule has 0 saturated carbocycles. The van der Waals surface area contributed by atoms with Crippen LogP contribution in [-0.4, -0.2) is 55.8 Å². The number of nitrogens with zero attached hydrogens (tertiary/aromatic N) is 1. The first-order valence-electron chi connectivity index (χ1n) is 12.6. The van der Waals surface area contributed by atoms with E-state index < -0.39 is 18.0 Å². The molecule has 0 radical (unpaired) electrons. The number of benzene rings is 2. The summed E-state index contributed by atoms with van der Waals surface area (Å²) in [6.45, 7) is 19.4. The van der Waals surface area contributed by atoms with Gasteiger partial charge in [0.05, 0.1) is 31.3 Å². The van der Waals surface area contributed by atoms with E-state index in [4.69, 9.17) is 9.47 Å². The highest BCUT2D eigenvalue weighted by atomic mass is 16.6. The van der Waals surface area contributed by atoms with Crippen molar-refractivity contribution in [3.63, 3.8) is 0 Å². The number of esters is 2. The Kier molecular flexibility index (Phi) is 9.29. The average Bonchev–Trinajstić information content (AvgIpc) is 2.81. The Morgan fingerprint density at radius 3 is 1.51 bits per heavy atom. The molecule has 1 unspecified atom stereocenters. The highest BCUT2D eigenvalue weighted by Crippen LogP contribution is 2.24. The van der Waals surface area contributed by atoms with Crippen molar-refractivity contribution < 1.29 is 23.5 Å². The van der Waals surface area contributed by atoms with Crippen LogP contribution in [0.2, 0.25) is 0 Å². The molecule has 0 spiro atoms. The molecule has 0 saturated heterocycles. The highest BCUT2D eigenvalue weighted by molar-refractivity contribution is 5.90. The molecule has 0 aromatic heterocycles. The van der Waals surface area contributed by atoms with E-state index in [-0.39, 0.29) is 17.4 Å². The largest absolute Gasteiger partial charge is 0.458 e. The van der Waals surface area contributed by atoms with Gasteiger partial charge in [-0.15, -0.1) is 0 Å². The number of quaternary nitrogens is 1. The van der Waals surface area contributed by atoms with E-state index in [9.17, 15) is 9.59 Å². The molecule has 2 rings (SSSR count). The topological polar surface area (TPSA) is 52.6 Å². The predicted octanol–water partition coefficient (Wildman–Crippen LogP) is 6.15. The van der Waals surface area contributed by atoms with Crippen LogP contribution >= 0.6 is 0 Å². The molecule has 0 heterocycles. The van der Waals surface area contributed by atoms with Crippen LogP contribution < -0.4 is 0 Å². The third kappa shape index (κ3) is 8.21. The van der Waals surface area contributed by atoms with Gasteiger partial charge >= 0.3 is 11.9 Å². The SMILES string of the molecule is CC[N+](C)(CC)CC(COC(=O)c1ccc(C(C)(C)C)cc1)OC(=O)c1ccc(C(C)(C)C)cc1. The summed E-state index contributed by atoms with van der Waals surface area (Å²) in [5.74, 6) is -0.817. The molecular weight excluding hydrogens is 438 g/mol. The lowest BCUT2D eigenvalue weighted by molar-refractivity contribution is -0.908. The number of rotatable bonds is 9. The van der Waals surface area contributed by atoms with E-state index in [1.807, 2.05) is 24.3 Å². The van der Waals surface area contributed by atoms with Crippen molar-refractivity contribution in [3.8, 4) is 0 Å². The van der Waals surface area contributed by atoms with Crippen molar-refractivity contribution in [1.29, 1.82) is 0 Å². The van der Waals surface area contributed by atoms with Crippen molar-refractivity contribution in [2.45, 2.75) is 72.3 Å². The second-order valence-electron chi connectivity index (χ2n) is 11.7. The van der Waals surface area contributed by atoms with Crippen LogP contribution in [0.25, 0.3) is 0 Å². The maximum atomic E-state index is 13.0. The minimum Gasteiger partial charge on any atom is -0.458 e. The van der Waals surface area contributed by atoms with Gasteiger partial charge < -0.3 is 14.0 Å². The second-order valence-corrected chi connectivity index (χ2v) is 11.7. The molecule has 1 atom stereocenters. The lowest BCUT2D eigenvalue weighted by atomic mass is 9.87. The Bertz CT molecular complexity index is 975. The molecule has 35 heavy (non-hydrogen) atoms. The van der Waals surface area contributed by atoms with E-state index in [1.165, 1.54) is 0 Å². The van der Waals surface area contributed by atoms with E-state index in [0.29, 0.717) is 22.2 Å². The summed E-state index contributed by atoms with van der Waals surface area (Å²) >= 11 is 0. The molecule has 0 amide bonds. The molecule has 0 aliphatic heterocycles. The Morgan fingerprint density at radius 1 is 0.743 bits per heavy atom. The Labute approximate surface area is 212 Å². The standard InChI is InChI=1S/C30H44NO4/c1-10-31(9,11-2)20-26(35-28(33)23-14-18-25(19-15-23)30(6,7)8)21-34-27(32)22-12-16-24(17-13-22)29(3,4)5/h12-19,26H,10-11,20-21H2,1-9H3/q+1.